The van der Waals surface area contributed by atoms with Crippen LogP contribution in [-0.2, 0) is 13.2 Å². The van der Waals surface area contributed by atoms with Crippen molar-refractivity contribution < 1.29 is 4.74 Å². The van der Waals surface area contributed by atoms with Gasteiger partial charge in [-0.15, -0.1) is 0 Å². The van der Waals surface area contributed by atoms with Gasteiger partial charge in [0.2, 0.25) is 0 Å². The van der Waals surface area contributed by atoms with Gasteiger partial charge in [0.05, 0.1) is 12.3 Å². The molecule has 0 saturated heterocycles. The fourth-order valence-electron chi connectivity index (χ4n) is 2.43. The number of nitriles is 1. The smallest absolute Gasteiger partial charge is 0.128 e. The van der Waals surface area contributed by atoms with Gasteiger partial charge in [0.1, 0.15) is 18.9 Å². The Bertz CT molecular complexity index is 875. The number of hydrogen-bond acceptors (Lipinski definition) is 3. The Labute approximate surface area is 141 Å². The maximum Gasteiger partial charge on any atom is 0.128 e. The standard InChI is InChI=1S/C20H17N3O/c1-2-17-12-18(19-13-22-23(14-19)11-10-21)8-9-20(17)24-15-16-6-4-3-5-7-16/h2-9,12-14H,1,11,15H2. The molecule has 0 bridgehead atoms. The highest BCUT2D eigenvalue weighted by atomic mass is 16.5. The van der Waals surface area contributed by atoms with Gasteiger partial charge in [-0.25, -0.2) is 0 Å². The average Bonchev–Trinajstić information content (AvgIpc) is 3.10. The lowest BCUT2D eigenvalue weighted by Crippen LogP contribution is -1.97. The maximum absolute atomic E-state index is 8.73. The molecule has 0 unspecified atom stereocenters. The van der Waals surface area contributed by atoms with Crippen LogP contribution in [0.1, 0.15) is 11.1 Å². The summed E-state index contributed by atoms with van der Waals surface area (Å²) in [5.74, 6) is 0.794. The molecular weight excluding hydrogens is 298 g/mol. The Hall–Kier alpha value is -3.32. The van der Waals surface area contributed by atoms with E-state index in [9.17, 15) is 0 Å². The van der Waals surface area contributed by atoms with Gasteiger partial charge in [-0.3, -0.25) is 4.68 Å². The second kappa shape index (κ2) is 7.30. The molecule has 0 spiro atoms. The van der Waals surface area contributed by atoms with Crippen LogP contribution in [-0.4, -0.2) is 9.78 Å². The van der Waals surface area contributed by atoms with E-state index in [1.54, 1.807) is 17.0 Å². The summed E-state index contributed by atoms with van der Waals surface area (Å²) < 4.78 is 7.53. The van der Waals surface area contributed by atoms with Gasteiger partial charge in [-0.05, 0) is 23.3 Å². The molecule has 1 heterocycles. The van der Waals surface area contributed by atoms with Crippen molar-refractivity contribution in [2.45, 2.75) is 13.2 Å². The molecule has 0 fully saturated rings. The van der Waals surface area contributed by atoms with Crippen LogP contribution in [0.3, 0.4) is 0 Å². The van der Waals surface area contributed by atoms with Gasteiger partial charge in [0.25, 0.3) is 0 Å². The van der Waals surface area contributed by atoms with Gasteiger partial charge < -0.3 is 4.74 Å². The van der Waals surface area contributed by atoms with Crippen molar-refractivity contribution in [2.24, 2.45) is 0 Å². The minimum absolute atomic E-state index is 0.243. The molecule has 3 aromatic rings. The Morgan fingerprint density at radius 2 is 2.00 bits per heavy atom. The second-order valence-corrected chi connectivity index (χ2v) is 5.32. The van der Waals surface area contributed by atoms with Crippen molar-refractivity contribution >= 4 is 6.08 Å². The molecular formula is C20H17N3O. The van der Waals surface area contributed by atoms with Crippen LogP contribution >= 0.6 is 0 Å². The summed E-state index contributed by atoms with van der Waals surface area (Å²) in [4.78, 5) is 0. The first-order chi connectivity index (χ1) is 11.8. The van der Waals surface area contributed by atoms with E-state index in [4.69, 9.17) is 10.00 Å². The van der Waals surface area contributed by atoms with Crippen LogP contribution < -0.4 is 4.74 Å². The van der Waals surface area contributed by atoms with Crippen LogP contribution in [0, 0.1) is 11.3 Å². The fraction of sp³-hybridized carbons (Fsp3) is 0.100. The largest absolute Gasteiger partial charge is 0.488 e. The monoisotopic (exact) mass is 315 g/mol. The average molecular weight is 315 g/mol. The van der Waals surface area contributed by atoms with E-state index in [1.165, 1.54) is 0 Å². The first-order valence-electron chi connectivity index (χ1n) is 7.63. The molecule has 0 aliphatic heterocycles. The van der Waals surface area contributed by atoms with Crippen molar-refractivity contribution in [3.8, 4) is 22.9 Å². The summed E-state index contributed by atoms with van der Waals surface area (Å²) in [5.41, 5.74) is 4.02. The molecule has 0 N–H and O–H groups in total. The zero-order valence-corrected chi connectivity index (χ0v) is 13.2. The van der Waals surface area contributed by atoms with Crippen molar-refractivity contribution in [3.05, 3.63) is 78.6 Å². The second-order valence-electron chi connectivity index (χ2n) is 5.32. The Balaban J connectivity index is 1.79. The summed E-state index contributed by atoms with van der Waals surface area (Å²) in [6, 6.07) is 18.1. The molecule has 0 aliphatic carbocycles. The summed E-state index contributed by atoms with van der Waals surface area (Å²) >= 11 is 0. The Morgan fingerprint density at radius 1 is 1.17 bits per heavy atom. The minimum atomic E-state index is 0.243. The van der Waals surface area contributed by atoms with Crippen LogP contribution in [0.5, 0.6) is 5.75 Å². The molecule has 1 aromatic heterocycles. The molecule has 0 saturated carbocycles. The quantitative estimate of drug-likeness (QED) is 0.681. The van der Waals surface area contributed by atoms with Gasteiger partial charge in [-0.1, -0.05) is 49.1 Å². The number of benzene rings is 2. The van der Waals surface area contributed by atoms with Crippen molar-refractivity contribution in [1.29, 1.82) is 5.26 Å². The van der Waals surface area contributed by atoms with Crippen LogP contribution in [0.2, 0.25) is 0 Å². The normalized spacial score (nSPS) is 10.1. The number of ether oxygens (including phenoxy) is 1. The van der Waals surface area contributed by atoms with Gasteiger partial charge in [0.15, 0.2) is 0 Å². The van der Waals surface area contributed by atoms with E-state index < -0.39 is 0 Å². The molecule has 0 amide bonds. The SMILES string of the molecule is C=Cc1cc(-c2cnn(CC#N)c2)ccc1OCc1ccccc1. The summed E-state index contributed by atoms with van der Waals surface area (Å²) in [6.07, 6.45) is 5.39. The first-order valence-corrected chi connectivity index (χ1v) is 7.63. The third-order valence-corrected chi connectivity index (χ3v) is 3.67. The Morgan fingerprint density at radius 3 is 2.75 bits per heavy atom. The van der Waals surface area contributed by atoms with Crippen LogP contribution in [0.4, 0.5) is 0 Å². The maximum atomic E-state index is 8.73. The summed E-state index contributed by atoms with van der Waals surface area (Å²) in [7, 11) is 0. The molecule has 2 aromatic carbocycles. The van der Waals surface area contributed by atoms with Crippen LogP contribution in [0.25, 0.3) is 17.2 Å². The topological polar surface area (TPSA) is 50.8 Å². The molecule has 4 nitrogen and oxygen atoms in total. The fourth-order valence-corrected chi connectivity index (χ4v) is 2.43. The lowest BCUT2D eigenvalue weighted by Gasteiger charge is -2.11. The van der Waals surface area contributed by atoms with Gasteiger partial charge in [0, 0.05) is 17.3 Å². The number of hydrogen-bond donors (Lipinski definition) is 0. The zero-order valence-electron chi connectivity index (χ0n) is 13.2. The number of rotatable bonds is 6. The summed E-state index contributed by atoms with van der Waals surface area (Å²) in [5, 5.41) is 12.9. The van der Waals surface area contributed by atoms with Crippen molar-refractivity contribution in [3.63, 3.8) is 0 Å². The molecule has 118 valence electrons. The minimum Gasteiger partial charge on any atom is -0.488 e. The zero-order chi connectivity index (χ0) is 16.8. The van der Waals surface area contributed by atoms with E-state index in [2.05, 4.69) is 17.7 Å². The lowest BCUT2D eigenvalue weighted by molar-refractivity contribution is 0.305. The molecule has 24 heavy (non-hydrogen) atoms. The van der Waals surface area contributed by atoms with Gasteiger partial charge >= 0.3 is 0 Å². The first kappa shape index (κ1) is 15.6. The molecule has 0 aliphatic rings. The molecule has 4 heteroatoms. The third-order valence-electron chi connectivity index (χ3n) is 3.67. The molecule has 0 atom stereocenters. The highest BCUT2D eigenvalue weighted by molar-refractivity contribution is 5.69. The van der Waals surface area contributed by atoms with Gasteiger partial charge in [-0.2, -0.15) is 10.4 Å². The predicted octanol–water partition coefficient (Wildman–Crippen LogP) is 4.30. The van der Waals surface area contributed by atoms with E-state index in [0.29, 0.717) is 6.61 Å². The van der Waals surface area contributed by atoms with Crippen LogP contribution in [0.15, 0.2) is 67.5 Å². The highest BCUT2D eigenvalue weighted by Crippen LogP contribution is 2.28. The van der Waals surface area contributed by atoms with E-state index in [1.807, 2.05) is 54.7 Å². The van der Waals surface area contributed by atoms with E-state index >= 15 is 0 Å². The van der Waals surface area contributed by atoms with E-state index in [0.717, 1.165) is 28.0 Å². The predicted molar refractivity (Wildman–Crippen MR) is 94.1 cm³/mol. The van der Waals surface area contributed by atoms with Crippen molar-refractivity contribution in [2.75, 3.05) is 0 Å². The number of aromatic nitrogens is 2. The summed E-state index contributed by atoms with van der Waals surface area (Å²) in [6.45, 7) is 4.63. The lowest BCUT2D eigenvalue weighted by atomic mass is 10.1. The van der Waals surface area contributed by atoms with Crippen molar-refractivity contribution in [1.82, 2.24) is 9.78 Å². The molecule has 0 radical (unpaired) electrons. The number of nitrogens with zero attached hydrogens (tertiary/aromatic N) is 3. The van der Waals surface area contributed by atoms with E-state index in [-0.39, 0.29) is 6.54 Å². The Kier molecular flexibility index (Phi) is 4.73. The highest BCUT2D eigenvalue weighted by Gasteiger charge is 2.07. The molecule has 3 rings (SSSR count). The third kappa shape index (κ3) is 3.53.